The molecule has 0 aromatic heterocycles. The first-order chi connectivity index (χ1) is 16.2. The smallest absolute Gasteiger partial charge is 0.237 e. The molecule has 2 aromatic rings. The fourth-order valence-corrected chi connectivity index (χ4v) is 6.08. The van der Waals surface area contributed by atoms with Crippen LogP contribution in [0.3, 0.4) is 0 Å². The van der Waals surface area contributed by atoms with Gasteiger partial charge in [0.1, 0.15) is 5.75 Å². The molecule has 34 heavy (non-hydrogen) atoms. The van der Waals surface area contributed by atoms with Gasteiger partial charge >= 0.3 is 0 Å². The minimum absolute atomic E-state index is 0.0149. The van der Waals surface area contributed by atoms with Gasteiger partial charge in [0.05, 0.1) is 22.4 Å². The molecule has 0 aliphatic carbocycles. The van der Waals surface area contributed by atoms with E-state index in [2.05, 4.69) is 16.0 Å². The number of carbonyl (C=O) groups is 1. The largest absolute Gasteiger partial charge is 0.493 e. The Kier molecular flexibility index (Phi) is 7.82. The number of ether oxygens (including phenoxy) is 1. The van der Waals surface area contributed by atoms with Gasteiger partial charge in [0.15, 0.2) is 0 Å². The molecular formula is C25H32ClN3O4S. The summed E-state index contributed by atoms with van der Waals surface area (Å²) in [5, 5.41) is 10.1. The molecule has 2 aromatic carbocycles. The molecule has 3 N–H and O–H groups in total. The predicted molar refractivity (Wildman–Crippen MR) is 132 cm³/mol. The summed E-state index contributed by atoms with van der Waals surface area (Å²) in [5.41, 5.74) is 0.830. The van der Waals surface area contributed by atoms with Crippen LogP contribution in [0, 0.1) is 11.8 Å². The van der Waals surface area contributed by atoms with Gasteiger partial charge in [-0.15, -0.1) is 0 Å². The zero-order valence-corrected chi connectivity index (χ0v) is 21.1. The van der Waals surface area contributed by atoms with Crippen molar-refractivity contribution in [3.63, 3.8) is 0 Å². The molecule has 7 nitrogen and oxygen atoms in total. The second-order valence-corrected chi connectivity index (χ2v) is 11.9. The van der Waals surface area contributed by atoms with Crippen LogP contribution in [0.25, 0.3) is 0 Å². The topological polar surface area (TPSA) is 96.5 Å². The van der Waals surface area contributed by atoms with Crippen molar-refractivity contribution >= 4 is 27.3 Å². The normalized spacial score (nSPS) is 22.4. The van der Waals surface area contributed by atoms with Gasteiger partial charge in [-0.05, 0) is 73.7 Å². The molecule has 3 unspecified atom stereocenters. The third kappa shape index (κ3) is 5.92. The van der Waals surface area contributed by atoms with Gasteiger partial charge in [-0.2, -0.15) is 0 Å². The summed E-state index contributed by atoms with van der Waals surface area (Å²) in [7, 11) is -3.76. The van der Waals surface area contributed by atoms with Crippen LogP contribution in [-0.4, -0.2) is 46.1 Å². The second-order valence-electron chi connectivity index (χ2n) is 9.51. The van der Waals surface area contributed by atoms with Crippen LogP contribution in [-0.2, 0) is 21.2 Å². The van der Waals surface area contributed by atoms with Crippen molar-refractivity contribution in [3.8, 4) is 5.75 Å². The fraction of sp³-hybridized carbons (Fsp3) is 0.480. The lowest BCUT2D eigenvalue weighted by Crippen LogP contribution is -2.45. The summed E-state index contributed by atoms with van der Waals surface area (Å²) in [5.74, 6) is 1.21. The first-order valence-corrected chi connectivity index (χ1v) is 13.6. The summed E-state index contributed by atoms with van der Waals surface area (Å²) >= 11 is 6.16. The molecule has 2 aliphatic rings. The first-order valence-electron chi connectivity index (χ1n) is 11.7. The quantitative estimate of drug-likeness (QED) is 0.510. The van der Waals surface area contributed by atoms with E-state index in [0.717, 1.165) is 31.5 Å². The van der Waals surface area contributed by atoms with E-state index in [1.807, 2.05) is 13.8 Å². The lowest BCUT2D eigenvalue weighted by atomic mass is 9.94. The van der Waals surface area contributed by atoms with Crippen molar-refractivity contribution in [1.82, 2.24) is 16.0 Å². The van der Waals surface area contributed by atoms with Crippen molar-refractivity contribution in [2.45, 2.75) is 55.1 Å². The average Bonchev–Trinajstić information content (AvgIpc) is 3.26. The molecule has 0 bridgehead atoms. The molecule has 9 heteroatoms. The van der Waals surface area contributed by atoms with Crippen LogP contribution in [0.2, 0.25) is 5.02 Å². The monoisotopic (exact) mass is 505 g/mol. The zero-order valence-electron chi connectivity index (χ0n) is 19.5. The number of sulfone groups is 1. The van der Waals surface area contributed by atoms with Crippen LogP contribution >= 0.6 is 11.6 Å². The highest BCUT2D eigenvalue weighted by molar-refractivity contribution is 7.91. The highest BCUT2D eigenvalue weighted by Gasteiger charge is 2.38. The van der Waals surface area contributed by atoms with Gasteiger partial charge in [0.2, 0.25) is 15.7 Å². The van der Waals surface area contributed by atoms with Crippen LogP contribution < -0.4 is 20.7 Å². The molecule has 0 spiro atoms. The number of nitrogens with one attached hydrogen (secondary N) is 3. The number of hydrogen-bond acceptors (Lipinski definition) is 6. The number of benzene rings is 2. The summed E-state index contributed by atoms with van der Waals surface area (Å²) in [6, 6.07) is 11.3. The number of amides is 1. The molecule has 1 amide bonds. The number of fused-ring (bicyclic) bond motifs is 1. The maximum Gasteiger partial charge on any atom is 0.237 e. The molecule has 4 rings (SSSR count). The Morgan fingerprint density at radius 1 is 1.18 bits per heavy atom. The highest BCUT2D eigenvalue weighted by atomic mass is 35.5. The standard InChI is InChI=1S/C25H32ClN3O4S/c1-16(2)15-33-20-10-19(26)11-22(12-20)34(31,32)21-5-3-17(4-6-21)13-28-25(30)24-9-18-14-27-8-7-23(18)29-24/h3-6,10-12,16,18,23-24,27,29H,7-9,13-15H2,1-2H3,(H,28,30). The number of rotatable bonds is 8. The van der Waals surface area contributed by atoms with Crippen molar-refractivity contribution in [2.75, 3.05) is 19.7 Å². The number of carbonyl (C=O) groups excluding carboxylic acids is 1. The maximum atomic E-state index is 13.2. The number of piperidine rings is 1. The van der Waals surface area contributed by atoms with E-state index in [1.54, 1.807) is 30.3 Å². The van der Waals surface area contributed by atoms with E-state index >= 15 is 0 Å². The Labute approximate surface area is 206 Å². The Balaban J connectivity index is 1.38. The molecule has 0 radical (unpaired) electrons. The Hall–Kier alpha value is -2.13. The SMILES string of the molecule is CC(C)COc1cc(Cl)cc(S(=O)(=O)c2ccc(CNC(=O)C3CC4CNCCC4N3)cc2)c1. The summed E-state index contributed by atoms with van der Waals surface area (Å²) in [4.78, 5) is 12.9. The van der Waals surface area contributed by atoms with Gasteiger partial charge < -0.3 is 20.7 Å². The van der Waals surface area contributed by atoms with Gasteiger partial charge in [0, 0.05) is 17.6 Å². The van der Waals surface area contributed by atoms with Gasteiger partial charge in [-0.3, -0.25) is 4.79 Å². The molecule has 0 saturated carbocycles. The number of hydrogen-bond donors (Lipinski definition) is 3. The predicted octanol–water partition coefficient (Wildman–Crippen LogP) is 3.16. The Morgan fingerprint density at radius 3 is 2.65 bits per heavy atom. The average molecular weight is 506 g/mol. The number of halogens is 1. The molecule has 2 aliphatic heterocycles. The molecule has 3 atom stereocenters. The minimum Gasteiger partial charge on any atom is -0.493 e. The lowest BCUT2D eigenvalue weighted by molar-refractivity contribution is -0.123. The Bertz CT molecular complexity index is 1110. The van der Waals surface area contributed by atoms with Crippen LogP contribution in [0.4, 0.5) is 0 Å². The third-order valence-corrected chi connectivity index (χ3v) is 8.28. The van der Waals surface area contributed by atoms with Gasteiger partial charge in [-0.25, -0.2) is 8.42 Å². The van der Waals surface area contributed by atoms with Crippen LogP contribution in [0.1, 0.15) is 32.3 Å². The fourth-order valence-electron chi connectivity index (χ4n) is 4.48. The second kappa shape index (κ2) is 10.6. The third-order valence-electron chi connectivity index (χ3n) is 6.32. The zero-order chi connectivity index (χ0) is 24.3. The van der Waals surface area contributed by atoms with Crippen LogP contribution in [0.15, 0.2) is 52.3 Å². The molecule has 184 valence electrons. The van der Waals surface area contributed by atoms with Crippen molar-refractivity contribution in [1.29, 1.82) is 0 Å². The molecule has 2 fully saturated rings. The maximum absolute atomic E-state index is 13.2. The van der Waals surface area contributed by atoms with Gasteiger partial charge in [0.25, 0.3) is 0 Å². The van der Waals surface area contributed by atoms with Crippen LogP contribution in [0.5, 0.6) is 5.75 Å². The molecular weight excluding hydrogens is 474 g/mol. The Morgan fingerprint density at radius 2 is 1.94 bits per heavy atom. The van der Waals surface area contributed by atoms with E-state index in [0.29, 0.717) is 41.8 Å². The van der Waals surface area contributed by atoms with Crippen molar-refractivity contribution < 1.29 is 17.9 Å². The summed E-state index contributed by atoms with van der Waals surface area (Å²) in [6.45, 7) is 6.78. The molecule has 2 heterocycles. The van der Waals surface area contributed by atoms with E-state index in [1.165, 1.54) is 12.1 Å². The molecule has 2 saturated heterocycles. The van der Waals surface area contributed by atoms with Crippen molar-refractivity contribution in [2.24, 2.45) is 11.8 Å². The van der Waals surface area contributed by atoms with E-state index in [9.17, 15) is 13.2 Å². The highest BCUT2D eigenvalue weighted by Crippen LogP contribution is 2.29. The summed E-state index contributed by atoms with van der Waals surface area (Å²) in [6.07, 6.45) is 1.88. The van der Waals surface area contributed by atoms with E-state index in [-0.39, 0.29) is 21.7 Å². The lowest BCUT2D eigenvalue weighted by Gasteiger charge is -2.25. The van der Waals surface area contributed by atoms with E-state index in [4.69, 9.17) is 16.3 Å². The van der Waals surface area contributed by atoms with Crippen molar-refractivity contribution in [3.05, 3.63) is 53.1 Å². The van der Waals surface area contributed by atoms with Gasteiger partial charge in [-0.1, -0.05) is 37.6 Å². The minimum atomic E-state index is -3.76. The first kappa shape index (κ1) is 25.0. The van der Waals surface area contributed by atoms with E-state index < -0.39 is 9.84 Å². The summed E-state index contributed by atoms with van der Waals surface area (Å²) < 4.78 is 32.0.